The molecule has 9 heteroatoms. The average molecular weight is 371 g/mol. The molecule has 1 aromatic carbocycles. The Bertz CT molecular complexity index is 860. The van der Waals surface area contributed by atoms with Crippen molar-refractivity contribution in [3.05, 3.63) is 40.2 Å². The van der Waals surface area contributed by atoms with Gasteiger partial charge in [0.1, 0.15) is 6.33 Å². The molecule has 1 fully saturated rings. The molecule has 4 rings (SSSR count). The van der Waals surface area contributed by atoms with Crippen LogP contribution in [0.25, 0.3) is 0 Å². The number of aromatic nitrogens is 2. The minimum absolute atomic E-state index is 0.0765. The molecule has 1 aromatic heterocycles. The van der Waals surface area contributed by atoms with E-state index < -0.39 is 4.92 Å². The molecule has 0 radical (unpaired) electrons. The van der Waals surface area contributed by atoms with Crippen LogP contribution in [0.1, 0.15) is 25.3 Å². The maximum absolute atomic E-state index is 11.8. The number of ether oxygens (including phenoxy) is 2. The Morgan fingerprint density at radius 2 is 2.19 bits per heavy atom. The molecule has 2 aromatic rings. The minimum atomic E-state index is -0.406. The first-order valence-electron chi connectivity index (χ1n) is 8.98. The molecular weight excluding hydrogens is 350 g/mol. The molecule has 1 N–H and O–H groups in total. The summed E-state index contributed by atoms with van der Waals surface area (Å²) in [5.41, 5.74) is 0.840. The maximum Gasteiger partial charge on any atom is 0.353 e. The van der Waals surface area contributed by atoms with Crippen molar-refractivity contribution in [2.24, 2.45) is 5.92 Å². The maximum atomic E-state index is 11.8. The lowest BCUT2D eigenvalue weighted by Crippen LogP contribution is -2.35. The molecule has 0 bridgehead atoms. The van der Waals surface area contributed by atoms with E-state index >= 15 is 0 Å². The summed E-state index contributed by atoms with van der Waals surface area (Å²) in [4.78, 5) is 21.7. The standard InChI is InChI=1S/C18H21N5O4/c1-12-3-2-6-22(9-12)18-16(23(24)25)17(20-10-21-18)19-8-13-4-5-14-15(7-13)27-11-26-14/h4-5,7,10,12H,2-3,6,8-9,11H2,1H3,(H,19,20,21). The molecule has 0 amide bonds. The van der Waals surface area contributed by atoms with E-state index in [0.29, 0.717) is 29.8 Å². The number of piperidine rings is 1. The van der Waals surface area contributed by atoms with Gasteiger partial charge < -0.3 is 19.7 Å². The summed E-state index contributed by atoms with van der Waals surface area (Å²) in [6, 6.07) is 5.57. The SMILES string of the molecule is CC1CCCN(c2ncnc(NCc3ccc4c(c3)OCO4)c2[N+](=O)[O-])C1. The number of anilines is 2. The van der Waals surface area contributed by atoms with Gasteiger partial charge in [0.2, 0.25) is 18.4 Å². The zero-order valence-corrected chi connectivity index (χ0v) is 15.1. The molecule has 2 aliphatic heterocycles. The molecule has 1 saturated heterocycles. The van der Waals surface area contributed by atoms with Gasteiger partial charge in [0.15, 0.2) is 11.5 Å². The highest BCUT2D eigenvalue weighted by Crippen LogP contribution is 2.35. The van der Waals surface area contributed by atoms with Gasteiger partial charge in [0, 0.05) is 19.6 Å². The molecule has 0 saturated carbocycles. The molecule has 0 spiro atoms. The van der Waals surface area contributed by atoms with Crippen LogP contribution in [-0.2, 0) is 6.54 Å². The number of benzene rings is 1. The molecular formula is C18H21N5O4. The Morgan fingerprint density at radius 3 is 3.00 bits per heavy atom. The third-order valence-corrected chi connectivity index (χ3v) is 4.84. The van der Waals surface area contributed by atoms with E-state index in [4.69, 9.17) is 9.47 Å². The van der Waals surface area contributed by atoms with Gasteiger partial charge in [-0.2, -0.15) is 0 Å². The van der Waals surface area contributed by atoms with Gasteiger partial charge in [-0.1, -0.05) is 13.0 Å². The summed E-state index contributed by atoms with van der Waals surface area (Å²) in [5, 5.41) is 14.8. The van der Waals surface area contributed by atoms with E-state index in [0.717, 1.165) is 31.5 Å². The fraction of sp³-hybridized carbons (Fsp3) is 0.444. The summed E-state index contributed by atoms with van der Waals surface area (Å²) < 4.78 is 10.7. The van der Waals surface area contributed by atoms with Gasteiger partial charge in [-0.15, -0.1) is 0 Å². The lowest BCUT2D eigenvalue weighted by Gasteiger charge is -2.31. The second-order valence-electron chi connectivity index (χ2n) is 6.89. The summed E-state index contributed by atoms with van der Waals surface area (Å²) in [6.45, 7) is 4.27. The molecule has 2 aliphatic rings. The lowest BCUT2D eigenvalue weighted by molar-refractivity contribution is -0.383. The Balaban J connectivity index is 1.57. The monoisotopic (exact) mass is 371 g/mol. The number of fused-ring (bicyclic) bond motifs is 1. The molecule has 27 heavy (non-hydrogen) atoms. The van der Waals surface area contributed by atoms with Crippen molar-refractivity contribution in [2.45, 2.75) is 26.3 Å². The smallest absolute Gasteiger partial charge is 0.353 e. The van der Waals surface area contributed by atoms with Crippen molar-refractivity contribution >= 4 is 17.3 Å². The number of nitrogens with one attached hydrogen (secondary N) is 1. The Kier molecular flexibility index (Phi) is 4.66. The van der Waals surface area contributed by atoms with E-state index in [1.54, 1.807) is 0 Å². The second kappa shape index (κ2) is 7.26. The number of hydrogen-bond donors (Lipinski definition) is 1. The van der Waals surface area contributed by atoms with Crippen LogP contribution < -0.4 is 19.7 Å². The first-order valence-corrected chi connectivity index (χ1v) is 8.98. The molecule has 3 heterocycles. The zero-order chi connectivity index (χ0) is 18.8. The molecule has 1 unspecified atom stereocenters. The Hall–Kier alpha value is -3.10. The van der Waals surface area contributed by atoms with Crippen LogP contribution in [0, 0.1) is 16.0 Å². The largest absolute Gasteiger partial charge is 0.454 e. The highest BCUT2D eigenvalue weighted by Gasteiger charge is 2.29. The van der Waals surface area contributed by atoms with Crippen molar-refractivity contribution in [3.8, 4) is 11.5 Å². The van der Waals surface area contributed by atoms with Gasteiger partial charge in [-0.3, -0.25) is 10.1 Å². The van der Waals surface area contributed by atoms with Crippen LogP contribution in [0.3, 0.4) is 0 Å². The first kappa shape index (κ1) is 17.3. The van der Waals surface area contributed by atoms with Crippen LogP contribution in [0.5, 0.6) is 11.5 Å². The number of nitro groups is 1. The lowest BCUT2D eigenvalue weighted by atomic mass is 10.0. The number of rotatable bonds is 5. The van der Waals surface area contributed by atoms with Crippen molar-refractivity contribution in [1.29, 1.82) is 0 Å². The Labute approximate surface area is 156 Å². The van der Waals surface area contributed by atoms with Crippen molar-refractivity contribution in [3.63, 3.8) is 0 Å². The van der Waals surface area contributed by atoms with Crippen LogP contribution in [0.15, 0.2) is 24.5 Å². The van der Waals surface area contributed by atoms with Crippen LogP contribution in [-0.4, -0.2) is 34.8 Å². The molecule has 0 aliphatic carbocycles. The van der Waals surface area contributed by atoms with E-state index in [1.807, 2.05) is 23.1 Å². The normalized spacial score (nSPS) is 18.4. The summed E-state index contributed by atoms with van der Waals surface area (Å²) in [6.07, 6.45) is 3.51. The summed E-state index contributed by atoms with van der Waals surface area (Å²) in [7, 11) is 0. The predicted octanol–water partition coefficient (Wildman–Crippen LogP) is 2.96. The highest BCUT2D eigenvalue weighted by atomic mass is 16.7. The fourth-order valence-electron chi connectivity index (χ4n) is 3.52. The van der Waals surface area contributed by atoms with Crippen molar-refractivity contribution in [1.82, 2.24) is 9.97 Å². The van der Waals surface area contributed by atoms with Crippen LogP contribution in [0.2, 0.25) is 0 Å². The molecule has 142 valence electrons. The van der Waals surface area contributed by atoms with E-state index in [1.165, 1.54) is 6.33 Å². The van der Waals surface area contributed by atoms with Gasteiger partial charge >= 0.3 is 5.69 Å². The number of hydrogen-bond acceptors (Lipinski definition) is 8. The van der Waals surface area contributed by atoms with Crippen LogP contribution >= 0.6 is 0 Å². The van der Waals surface area contributed by atoms with Crippen molar-refractivity contribution in [2.75, 3.05) is 30.1 Å². The number of nitrogens with zero attached hydrogens (tertiary/aromatic N) is 4. The van der Waals surface area contributed by atoms with Gasteiger partial charge in [-0.05, 0) is 36.5 Å². The van der Waals surface area contributed by atoms with Gasteiger partial charge in [-0.25, -0.2) is 9.97 Å². The summed E-state index contributed by atoms with van der Waals surface area (Å²) in [5.74, 6) is 2.47. The Morgan fingerprint density at radius 1 is 1.33 bits per heavy atom. The zero-order valence-electron chi connectivity index (χ0n) is 15.1. The van der Waals surface area contributed by atoms with E-state index in [-0.39, 0.29) is 18.3 Å². The minimum Gasteiger partial charge on any atom is -0.454 e. The van der Waals surface area contributed by atoms with E-state index in [2.05, 4.69) is 22.2 Å². The predicted molar refractivity (Wildman–Crippen MR) is 99.2 cm³/mol. The highest BCUT2D eigenvalue weighted by molar-refractivity contribution is 5.70. The van der Waals surface area contributed by atoms with Gasteiger partial charge in [0.25, 0.3) is 0 Å². The first-order chi connectivity index (χ1) is 13.1. The second-order valence-corrected chi connectivity index (χ2v) is 6.89. The third kappa shape index (κ3) is 3.57. The topological polar surface area (TPSA) is 103 Å². The fourth-order valence-corrected chi connectivity index (χ4v) is 3.52. The molecule has 1 atom stereocenters. The third-order valence-electron chi connectivity index (χ3n) is 4.84. The van der Waals surface area contributed by atoms with Crippen molar-refractivity contribution < 1.29 is 14.4 Å². The van der Waals surface area contributed by atoms with Crippen LogP contribution in [0.4, 0.5) is 17.3 Å². The van der Waals surface area contributed by atoms with Gasteiger partial charge in [0.05, 0.1) is 4.92 Å². The van der Waals surface area contributed by atoms with E-state index in [9.17, 15) is 10.1 Å². The summed E-state index contributed by atoms with van der Waals surface area (Å²) >= 11 is 0. The molecule has 9 nitrogen and oxygen atoms in total. The quantitative estimate of drug-likeness (QED) is 0.632. The average Bonchev–Trinajstić information content (AvgIpc) is 3.13.